The largest absolute Gasteiger partial charge is 0.495 e. The maximum atomic E-state index is 13.7. The highest BCUT2D eigenvalue weighted by Crippen LogP contribution is 2.38. The Morgan fingerprint density at radius 1 is 1.15 bits per heavy atom. The van der Waals surface area contributed by atoms with E-state index in [0.717, 1.165) is 3.97 Å². The second-order valence-corrected chi connectivity index (χ2v) is 9.08. The number of aromatic nitrogens is 1. The molecule has 0 saturated heterocycles. The van der Waals surface area contributed by atoms with E-state index in [1.54, 1.807) is 19.0 Å². The number of hydrogen-bond donors (Lipinski definition) is 0. The number of halogens is 1. The third kappa shape index (κ3) is 4.61. The molecule has 0 aliphatic rings. The zero-order valence-electron chi connectivity index (χ0n) is 18.1. The summed E-state index contributed by atoms with van der Waals surface area (Å²) in [5.41, 5.74) is -0.00461. The van der Waals surface area contributed by atoms with Gasteiger partial charge in [0.15, 0.2) is 0 Å². The van der Waals surface area contributed by atoms with Crippen LogP contribution in [0.25, 0.3) is 10.9 Å². The Hall–Kier alpha value is -3.64. The third-order valence-electron chi connectivity index (χ3n) is 4.52. The first-order chi connectivity index (χ1) is 15.6. The van der Waals surface area contributed by atoms with Crippen LogP contribution in [0.4, 0.5) is 5.69 Å². The molecule has 0 saturated carbocycles. The second kappa shape index (κ2) is 9.46. The predicted octanol–water partition coefficient (Wildman–Crippen LogP) is 3.38. The van der Waals surface area contributed by atoms with Crippen molar-refractivity contribution in [2.45, 2.75) is 4.90 Å². The van der Waals surface area contributed by atoms with Crippen LogP contribution in [0.2, 0.25) is 5.02 Å². The van der Waals surface area contributed by atoms with Gasteiger partial charge in [-0.3, -0.25) is 10.1 Å². The van der Waals surface area contributed by atoms with Crippen molar-refractivity contribution in [1.29, 1.82) is 0 Å². The Labute approximate surface area is 194 Å². The van der Waals surface area contributed by atoms with E-state index in [2.05, 4.69) is 10.2 Å². The number of methoxy groups -OCH3 is 2. The normalized spacial score (nSPS) is 12.0. The average Bonchev–Trinajstić information content (AvgIpc) is 3.15. The zero-order chi connectivity index (χ0) is 24.3. The molecular weight excluding hydrogens is 474 g/mol. The van der Waals surface area contributed by atoms with E-state index in [0.29, 0.717) is 0 Å². The first kappa shape index (κ1) is 24.0. The van der Waals surface area contributed by atoms with Crippen molar-refractivity contribution >= 4 is 50.8 Å². The molecule has 3 rings (SSSR count). The maximum Gasteiger partial charge on any atom is 0.279 e. The van der Waals surface area contributed by atoms with Crippen LogP contribution < -0.4 is 9.47 Å². The molecule has 0 spiro atoms. The van der Waals surface area contributed by atoms with Crippen molar-refractivity contribution in [3.63, 3.8) is 0 Å². The fourth-order valence-electron chi connectivity index (χ4n) is 3.09. The van der Waals surface area contributed by atoms with E-state index in [1.807, 2.05) is 0 Å². The minimum Gasteiger partial charge on any atom is -0.495 e. The van der Waals surface area contributed by atoms with E-state index in [9.17, 15) is 18.5 Å². The molecule has 13 heteroatoms. The van der Waals surface area contributed by atoms with Gasteiger partial charge in [0.2, 0.25) is 0 Å². The predicted molar refractivity (Wildman–Crippen MR) is 126 cm³/mol. The van der Waals surface area contributed by atoms with Gasteiger partial charge in [-0.25, -0.2) is 12.4 Å². The van der Waals surface area contributed by atoms with Crippen molar-refractivity contribution < 1.29 is 22.8 Å². The number of fused-ring (bicyclic) bond motifs is 1. The summed E-state index contributed by atoms with van der Waals surface area (Å²) in [7, 11) is 1.84. The molecule has 0 unspecified atom stereocenters. The molecule has 0 N–H and O–H groups in total. The molecule has 0 bridgehead atoms. The van der Waals surface area contributed by atoms with Gasteiger partial charge in [-0.15, -0.1) is 5.10 Å². The molecule has 0 radical (unpaired) electrons. The second-order valence-electron chi connectivity index (χ2n) is 6.89. The Morgan fingerprint density at radius 3 is 2.45 bits per heavy atom. The number of nitro groups is 1. The minimum absolute atomic E-state index is 0.0149. The summed E-state index contributed by atoms with van der Waals surface area (Å²) >= 11 is 6.11. The minimum atomic E-state index is -4.30. The monoisotopic (exact) mass is 493 g/mol. The van der Waals surface area contributed by atoms with Gasteiger partial charge in [0.25, 0.3) is 15.7 Å². The number of nitrogens with zero attached hydrogens (tertiary/aromatic N) is 5. The SMILES string of the molecule is COc1cc(S(=O)(=O)n2cc(/C=N/N=C/N(C)C)c3c([N+](=O)[O-])cccc32)c(OC)cc1Cl. The lowest BCUT2D eigenvalue weighted by atomic mass is 10.1. The smallest absolute Gasteiger partial charge is 0.279 e. The first-order valence-electron chi connectivity index (χ1n) is 9.30. The fourth-order valence-corrected chi connectivity index (χ4v) is 4.84. The van der Waals surface area contributed by atoms with Crippen LogP contribution in [0.3, 0.4) is 0 Å². The summed E-state index contributed by atoms with van der Waals surface area (Å²) < 4.78 is 38.6. The summed E-state index contributed by atoms with van der Waals surface area (Å²) in [6, 6.07) is 6.69. The van der Waals surface area contributed by atoms with E-state index in [1.165, 1.54) is 63.3 Å². The van der Waals surface area contributed by atoms with Crippen LogP contribution >= 0.6 is 11.6 Å². The quantitative estimate of drug-likeness (QED) is 0.203. The number of rotatable bonds is 8. The molecule has 2 aromatic carbocycles. The summed E-state index contributed by atoms with van der Waals surface area (Å²) in [5.74, 6) is 0.108. The molecule has 0 atom stereocenters. The summed E-state index contributed by atoms with van der Waals surface area (Å²) in [6.07, 6.45) is 3.91. The van der Waals surface area contributed by atoms with Crippen LogP contribution in [0, 0.1) is 10.1 Å². The summed E-state index contributed by atoms with van der Waals surface area (Å²) in [6.45, 7) is 0. The number of ether oxygens (including phenoxy) is 2. The lowest BCUT2D eigenvalue weighted by Gasteiger charge is -2.14. The Bertz CT molecular complexity index is 1380. The first-order valence-corrected chi connectivity index (χ1v) is 11.1. The molecule has 33 heavy (non-hydrogen) atoms. The van der Waals surface area contributed by atoms with E-state index >= 15 is 0 Å². The van der Waals surface area contributed by atoms with Crippen LogP contribution in [0.1, 0.15) is 5.56 Å². The molecular formula is C20H20ClN5O6S. The summed E-state index contributed by atoms with van der Waals surface area (Å²) in [4.78, 5) is 12.5. The maximum absolute atomic E-state index is 13.7. The van der Waals surface area contributed by atoms with Gasteiger partial charge < -0.3 is 14.4 Å². The number of nitro benzene ring substituents is 1. The van der Waals surface area contributed by atoms with E-state index in [-0.39, 0.29) is 43.6 Å². The molecule has 0 amide bonds. The van der Waals surface area contributed by atoms with Crippen molar-refractivity contribution in [2.75, 3.05) is 28.3 Å². The molecule has 1 aromatic heterocycles. The number of non-ortho nitro benzene ring substituents is 1. The van der Waals surface area contributed by atoms with Gasteiger partial charge in [-0.2, -0.15) is 5.10 Å². The van der Waals surface area contributed by atoms with Crippen molar-refractivity contribution in [2.24, 2.45) is 10.2 Å². The van der Waals surface area contributed by atoms with Gasteiger partial charge in [0, 0.05) is 44.1 Å². The average molecular weight is 494 g/mol. The van der Waals surface area contributed by atoms with Gasteiger partial charge in [0.05, 0.1) is 41.3 Å². The molecule has 1 heterocycles. The lowest BCUT2D eigenvalue weighted by molar-refractivity contribution is -0.383. The van der Waals surface area contributed by atoms with Gasteiger partial charge in [-0.05, 0) is 6.07 Å². The molecule has 3 aromatic rings. The molecule has 0 aliphatic carbocycles. The lowest BCUT2D eigenvalue weighted by Crippen LogP contribution is -2.13. The number of benzene rings is 2. The summed E-state index contributed by atoms with van der Waals surface area (Å²) in [5, 5.41) is 19.6. The number of hydrogen-bond acceptors (Lipinski definition) is 8. The van der Waals surface area contributed by atoms with Crippen molar-refractivity contribution in [1.82, 2.24) is 8.87 Å². The van der Waals surface area contributed by atoms with Crippen LogP contribution in [-0.4, -0.2) is 63.1 Å². The Morgan fingerprint density at radius 2 is 1.85 bits per heavy atom. The van der Waals surface area contributed by atoms with E-state index < -0.39 is 14.9 Å². The van der Waals surface area contributed by atoms with E-state index in [4.69, 9.17) is 21.1 Å². The standard InChI is InChI=1S/C20H20ClN5O6S/c1-24(2)12-23-22-10-13-11-25(15-6-5-7-16(20(13)15)26(27)28)33(29,30)19-9-17(31-3)14(21)8-18(19)32-4/h5-12H,1-4H3/b22-10+,23-12+. The van der Waals surface area contributed by atoms with Crippen molar-refractivity contribution in [3.05, 3.63) is 57.2 Å². The van der Waals surface area contributed by atoms with Gasteiger partial charge in [-0.1, -0.05) is 17.7 Å². The zero-order valence-corrected chi connectivity index (χ0v) is 19.7. The van der Waals surface area contributed by atoms with Crippen LogP contribution in [-0.2, 0) is 10.0 Å². The molecule has 0 fully saturated rings. The van der Waals surface area contributed by atoms with Crippen LogP contribution in [0.5, 0.6) is 11.5 Å². The highest BCUT2D eigenvalue weighted by molar-refractivity contribution is 7.90. The Kier molecular flexibility index (Phi) is 6.89. The fraction of sp³-hybridized carbons (Fsp3) is 0.200. The highest BCUT2D eigenvalue weighted by atomic mass is 35.5. The van der Waals surface area contributed by atoms with Gasteiger partial charge >= 0.3 is 0 Å². The van der Waals surface area contributed by atoms with Gasteiger partial charge in [0.1, 0.15) is 22.7 Å². The Balaban J connectivity index is 2.32. The third-order valence-corrected chi connectivity index (χ3v) is 6.51. The molecule has 0 aliphatic heterocycles. The van der Waals surface area contributed by atoms with Crippen LogP contribution in [0.15, 0.2) is 51.6 Å². The molecule has 174 valence electrons. The highest BCUT2D eigenvalue weighted by Gasteiger charge is 2.29. The molecule has 11 nitrogen and oxygen atoms in total. The van der Waals surface area contributed by atoms with Crippen molar-refractivity contribution in [3.8, 4) is 11.5 Å². The topological polar surface area (TPSA) is 129 Å².